The zero-order valence-electron chi connectivity index (χ0n) is 8.41. The Morgan fingerprint density at radius 2 is 2.08 bits per heavy atom. The average Bonchev–Trinajstić information content (AvgIpc) is 2.66. The van der Waals surface area contributed by atoms with Gasteiger partial charge < -0.3 is 10.8 Å². The van der Waals surface area contributed by atoms with Crippen molar-refractivity contribution in [1.29, 1.82) is 0 Å². The van der Waals surface area contributed by atoms with E-state index < -0.39 is 0 Å². The number of hydrogen-bond donors (Lipinski definition) is 2. The number of thioether (sulfide) groups is 1. The first-order valence-electron chi connectivity index (χ1n) is 5.22. The quantitative estimate of drug-likeness (QED) is 0.714. The molecule has 3 heteroatoms. The molecule has 0 amide bonds. The number of nitrogens with two attached hydrogens (primary N) is 1. The molecule has 1 saturated carbocycles. The molecular formula is C10H21NOS. The van der Waals surface area contributed by atoms with Crippen LogP contribution in [0.5, 0.6) is 0 Å². The van der Waals surface area contributed by atoms with E-state index in [4.69, 9.17) is 10.8 Å². The molecule has 2 unspecified atom stereocenters. The van der Waals surface area contributed by atoms with Crippen LogP contribution >= 0.6 is 11.8 Å². The van der Waals surface area contributed by atoms with Crippen LogP contribution in [0.1, 0.15) is 32.6 Å². The minimum Gasteiger partial charge on any atom is -0.395 e. The van der Waals surface area contributed by atoms with E-state index >= 15 is 0 Å². The van der Waals surface area contributed by atoms with Crippen molar-refractivity contribution in [2.45, 2.75) is 43.9 Å². The number of rotatable bonds is 5. The highest BCUT2D eigenvalue weighted by molar-refractivity contribution is 7.99. The molecule has 1 aliphatic carbocycles. The summed E-state index contributed by atoms with van der Waals surface area (Å²) in [5, 5.41) is 9.19. The normalized spacial score (nSPS) is 23.3. The first kappa shape index (κ1) is 11.3. The largest absolute Gasteiger partial charge is 0.395 e. The fourth-order valence-corrected chi connectivity index (χ4v) is 2.78. The highest BCUT2D eigenvalue weighted by atomic mass is 32.2. The zero-order chi connectivity index (χ0) is 9.68. The van der Waals surface area contributed by atoms with Crippen molar-refractivity contribution in [2.75, 3.05) is 12.4 Å². The summed E-state index contributed by atoms with van der Waals surface area (Å²) in [5.74, 6) is 1.75. The number of hydrogen-bond acceptors (Lipinski definition) is 3. The second-order valence-electron chi connectivity index (χ2n) is 4.03. The van der Waals surface area contributed by atoms with Gasteiger partial charge in [0.1, 0.15) is 0 Å². The highest BCUT2D eigenvalue weighted by Gasteiger charge is 2.22. The summed E-state index contributed by atoms with van der Waals surface area (Å²) in [7, 11) is 0. The smallest absolute Gasteiger partial charge is 0.0547 e. The molecule has 2 nitrogen and oxygen atoms in total. The third-order valence-corrected chi connectivity index (χ3v) is 4.13. The summed E-state index contributed by atoms with van der Waals surface area (Å²) in [4.78, 5) is 0. The Morgan fingerprint density at radius 3 is 2.62 bits per heavy atom. The van der Waals surface area contributed by atoms with Gasteiger partial charge in [-0.25, -0.2) is 0 Å². The second-order valence-corrected chi connectivity index (χ2v) is 5.51. The average molecular weight is 203 g/mol. The number of aliphatic hydroxyl groups is 1. The van der Waals surface area contributed by atoms with E-state index in [0.29, 0.717) is 11.3 Å². The monoisotopic (exact) mass is 203 g/mol. The molecule has 0 saturated heterocycles. The minimum absolute atomic E-state index is 0.266. The van der Waals surface area contributed by atoms with Crippen LogP contribution in [0.3, 0.4) is 0 Å². The van der Waals surface area contributed by atoms with Gasteiger partial charge in [0, 0.05) is 17.0 Å². The van der Waals surface area contributed by atoms with Crippen molar-refractivity contribution < 1.29 is 5.11 Å². The third kappa shape index (κ3) is 3.88. The first-order valence-corrected chi connectivity index (χ1v) is 6.27. The zero-order valence-corrected chi connectivity index (χ0v) is 9.22. The van der Waals surface area contributed by atoms with Gasteiger partial charge in [-0.2, -0.15) is 11.8 Å². The molecule has 0 radical (unpaired) electrons. The van der Waals surface area contributed by atoms with Crippen LogP contribution < -0.4 is 5.73 Å². The molecular weight excluding hydrogens is 182 g/mol. The van der Waals surface area contributed by atoms with Crippen molar-refractivity contribution in [3.63, 3.8) is 0 Å². The molecule has 13 heavy (non-hydrogen) atoms. The topological polar surface area (TPSA) is 46.2 Å². The van der Waals surface area contributed by atoms with Gasteiger partial charge in [-0.3, -0.25) is 0 Å². The lowest BCUT2D eigenvalue weighted by molar-refractivity contribution is 0.300. The summed E-state index contributed by atoms with van der Waals surface area (Å²) < 4.78 is 0. The molecule has 78 valence electrons. The van der Waals surface area contributed by atoms with Crippen molar-refractivity contribution in [1.82, 2.24) is 0 Å². The maximum Gasteiger partial charge on any atom is 0.0547 e. The van der Waals surface area contributed by atoms with Crippen LogP contribution in [0, 0.1) is 5.92 Å². The summed E-state index contributed by atoms with van der Waals surface area (Å²) >= 11 is 1.80. The number of aliphatic hydroxyl groups excluding tert-OH is 1. The molecule has 0 aliphatic heterocycles. The van der Waals surface area contributed by atoms with Crippen molar-refractivity contribution in [3.05, 3.63) is 0 Å². The Balaban J connectivity index is 2.12. The molecule has 1 aliphatic rings. The van der Waals surface area contributed by atoms with Crippen LogP contribution in [-0.4, -0.2) is 28.8 Å². The van der Waals surface area contributed by atoms with Crippen LogP contribution in [0.15, 0.2) is 0 Å². The molecule has 2 atom stereocenters. The van der Waals surface area contributed by atoms with E-state index in [0.717, 1.165) is 11.7 Å². The summed E-state index contributed by atoms with van der Waals surface area (Å²) in [5.41, 5.74) is 6.08. The predicted molar refractivity (Wildman–Crippen MR) is 58.9 cm³/mol. The Bertz CT molecular complexity index is 137. The van der Waals surface area contributed by atoms with Crippen molar-refractivity contribution >= 4 is 11.8 Å². The summed E-state index contributed by atoms with van der Waals surface area (Å²) in [6.45, 7) is 2.31. The van der Waals surface area contributed by atoms with Crippen LogP contribution in [0.25, 0.3) is 0 Å². The van der Waals surface area contributed by atoms with Crippen molar-refractivity contribution in [3.8, 4) is 0 Å². The highest BCUT2D eigenvalue weighted by Crippen LogP contribution is 2.28. The van der Waals surface area contributed by atoms with Crippen LogP contribution in [0.4, 0.5) is 0 Å². The van der Waals surface area contributed by atoms with Gasteiger partial charge >= 0.3 is 0 Å². The fourth-order valence-electron chi connectivity index (χ4n) is 1.85. The minimum atomic E-state index is 0.266. The molecule has 1 rings (SSSR count). The Hall–Kier alpha value is 0.270. The molecule has 3 N–H and O–H groups in total. The van der Waals surface area contributed by atoms with Crippen molar-refractivity contribution in [2.24, 2.45) is 11.7 Å². The molecule has 0 bridgehead atoms. The Morgan fingerprint density at radius 1 is 1.46 bits per heavy atom. The maximum atomic E-state index is 8.85. The third-order valence-electron chi connectivity index (χ3n) is 2.84. The Kier molecular flexibility index (Phi) is 5.14. The van der Waals surface area contributed by atoms with E-state index in [1.54, 1.807) is 11.8 Å². The predicted octanol–water partition coefficient (Wildman–Crippen LogP) is 1.62. The lowest BCUT2D eigenvalue weighted by Gasteiger charge is -2.19. The van der Waals surface area contributed by atoms with Gasteiger partial charge in [0.2, 0.25) is 0 Å². The van der Waals surface area contributed by atoms with Crippen LogP contribution in [-0.2, 0) is 0 Å². The summed E-state index contributed by atoms with van der Waals surface area (Å²) in [6, 6.07) is 0.349. The molecule has 0 heterocycles. The second kappa shape index (κ2) is 5.89. The van der Waals surface area contributed by atoms with E-state index in [1.165, 1.54) is 25.7 Å². The maximum absolute atomic E-state index is 8.85. The van der Waals surface area contributed by atoms with Gasteiger partial charge in [0.05, 0.1) is 6.61 Å². The Labute approximate surface area is 85.3 Å². The van der Waals surface area contributed by atoms with Crippen LogP contribution in [0.2, 0.25) is 0 Å². The SMILES string of the molecule is CC(CO)SCC(N)C1CCCC1. The molecule has 1 fully saturated rings. The molecule has 0 aromatic heterocycles. The summed E-state index contributed by atoms with van der Waals surface area (Å²) in [6.07, 6.45) is 5.35. The molecule has 0 spiro atoms. The van der Waals surface area contributed by atoms with Gasteiger partial charge in [0.25, 0.3) is 0 Å². The lowest BCUT2D eigenvalue weighted by Crippen LogP contribution is -2.31. The van der Waals surface area contributed by atoms with E-state index in [1.807, 2.05) is 6.92 Å². The molecule has 0 aromatic rings. The lowest BCUT2D eigenvalue weighted by atomic mass is 10.0. The van der Waals surface area contributed by atoms with E-state index in [-0.39, 0.29) is 6.61 Å². The fraction of sp³-hybridized carbons (Fsp3) is 1.00. The van der Waals surface area contributed by atoms with Gasteiger partial charge in [-0.05, 0) is 18.8 Å². The van der Waals surface area contributed by atoms with Gasteiger partial charge in [-0.1, -0.05) is 19.8 Å². The standard InChI is InChI=1S/C10H21NOS/c1-8(6-12)13-7-10(11)9-4-2-3-5-9/h8-10,12H,2-7,11H2,1H3. The van der Waals surface area contributed by atoms with Gasteiger partial charge in [-0.15, -0.1) is 0 Å². The van der Waals surface area contributed by atoms with E-state index in [2.05, 4.69) is 0 Å². The van der Waals surface area contributed by atoms with Gasteiger partial charge in [0.15, 0.2) is 0 Å². The molecule has 0 aromatic carbocycles. The first-order chi connectivity index (χ1) is 6.24. The van der Waals surface area contributed by atoms with E-state index in [9.17, 15) is 0 Å².